The Morgan fingerprint density at radius 1 is 1.44 bits per heavy atom. The van der Waals surface area contributed by atoms with Crippen LogP contribution in [0.4, 0.5) is 0 Å². The summed E-state index contributed by atoms with van der Waals surface area (Å²) in [5.74, 6) is 0. The normalized spacial score (nSPS) is 13.1. The van der Waals surface area contributed by atoms with Gasteiger partial charge in [-0.15, -0.1) is 11.6 Å². The van der Waals surface area contributed by atoms with Gasteiger partial charge in [-0.05, 0) is 19.1 Å². The number of nitrogens with one attached hydrogen (secondary N) is 1. The number of hydrogen-bond acceptors (Lipinski definition) is 3. The van der Waals surface area contributed by atoms with Crippen molar-refractivity contribution < 1.29 is 8.42 Å². The predicted octanol–water partition coefficient (Wildman–Crippen LogP) is 1.40. The molecule has 1 aromatic carbocycles. The van der Waals surface area contributed by atoms with Crippen molar-refractivity contribution in [3.8, 4) is 6.07 Å². The molecule has 16 heavy (non-hydrogen) atoms. The van der Waals surface area contributed by atoms with Gasteiger partial charge in [-0.3, -0.25) is 0 Å². The fraction of sp³-hybridized carbons (Fsp3) is 0.300. The number of aryl methyl sites for hydroxylation is 1. The first kappa shape index (κ1) is 13.0. The van der Waals surface area contributed by atoms with Crippen molar-refractivity contribution in [1.82, 2.24) is 4.72 Å². The van der Waals surface area contributed by atoms with E-state index in [1.54, 1.807) is 18.2 Å². The second-order valence-electron chi connectivity index (χ2n) is 3.26. The van der Waals surface area contributed by atoms with Crippen molar-refractivity contribution >= 4 is 21.6 Å². The molecule has 0 aliphatic carbocycles. The zero-order chi connectivity index (χ0) is 12.2. The highest BCUT2D eigenvalue weighted by atomic mass is 35.5. The highest BCUT2D eigenvalue weighted by Crippen LogP contribution is 2.09. The number of alkyl halides is 1. The smallest absolute Gasteiger partial charge is 0.209 e. The molecule has 6 heteroatoms. The molecule has 0 unspecified atom stereocenters. The fourth-order valence-corrected chi connectivity index (χ4v) is 2.25. The van der Waals surface area contributed by atoms with Crippen molar-refractivity contribution in [1.29, 1.82) is 5.26 Å². The molecule has 0 amide bonds. The van der Waals surface area contributed by atoms with Crippen LogP contribution in [-0.4, -0.2) is 20.3 Å². The van der Waals surface area contributed by atoms with E-state index in [4.69, 9.17) is 16.9 Å². The average Bonchev–Trinajstić information content (AvgIpc) is 2.26. The lowest BCUT2D eigenvalue weighted by Crippen LogP contribution is -2.29. The third-order valence-electron chi connectivity index (χ3n) is 1.92. The standard InChI is InChI=1S/C10H11ClN2O2S/c1-8-2-4-10(5-3-8)16(14,15)13-7-9(11)6-12/h2-5,9,13H,7H2,1H3/t9-/m1/s1. The highest BCUT2D eigenvalue weighted by molar-refractivity contribution is 7.89. The van der Waals surface area contributed by atoms with Gasteiger partial charge in [0.05, 0.1) is 11.0 Å². The van der Waals surface area contributed by atoms with Crippen molar-refractivity contribution in [2.45, 2.75) is 17.2 Å². The summed E-state index contributed by atoms with van der Waals surface area (Å²) in [5.41, 5.74) is 0.978. The molecular formula is C10H11ClN2O2S. The molecule has 0 saturated heterocycles. The minimum atomic E-state index is -3.57. The van der Waals surface area contributed by atoms with Crippen molar-refractivity contribution in [3.63, 3.8) is 0 Å². The molecule has 0 saturated carbocycles. The molecule has 4 nitrogen and oxygen atoms in total. The largest absolute Gasteiger partial charge is 0.240 e. The summed E-state index contributed by atoms with van der Waals surface area (Å²) in [6, 6.07) is 8.16. The van der Waals surface area contributed by atoms with Gasteiger partial charge in [0.1, 0.15) is 5.38 Å². The summed E-state index contributed by atoms with van der Waals surface area (Å²) in [4.78, 5) is 0.167. The van der Waals surface area contributed by atoms with E-state index in [9.17, 15) is 8.42 Å². The van der Waals surface area contributed by atoms with E-state index in [0.717, 1.165) is 5.56 Å². The zero-order valence-corrected chi connectivity index (χ0v) is 10.2. The SMILES string of the molecule is Cc1ccc(S(=O)(=O)NC[C@H](Cl)C#N)cc1. The maximum absolute atomic E-state index is 11.7. The lowest BCUT2D eigenvalue weighted by atomic mass is 10.2. The van der Waals surface area contributed by atoms with Gasteiger partial charge in [-0.2, -0.15) is 5.26 Å². The summed E-state index contributed by atoms with van der Waals surface area (Å²) in [6.07, 6.45) is 0. The Labute approximate surface area is 99.9 Å². The number of nitrogens with zero attached hydrogens (tertiary/aromatic N) is 1. The van der Waals surface area contributed by atoms with Gasteiger partial charge in [0, 0.05) is 6.54 Å². The van der Waals surface area contributed by atoms with E-state index in [-0.39, 0.29) is 11.4 Å². The molecule has 0 spiro atoms. The van der Waals surface area contributed by atoms with Crippen LogP contribution in [-0.2, 0) is 10.0 Å². The Hall–Kier alpha value is -1.09. The van der Waals surface area contributed by atoms with Gasteiger partial charge in [0.15, 0.2) is 0 Å². The Balaban J connectivity index is 2.79. The second kappa shape index (κ2) is 5.30. The number of halogens is 1. The minimum Gasteiger partial charge on any atom is -0.209 e. The Bertz CT molecular complexity index is 491. The molecule has 1 aromatic rings. The maximum atomic E-state index is 11.7. The molecule has 0 bridgehead atoms. The van der Waals surface area contributed by atoms with Crippen LogP contribution in [0.5, 0.6) is 0 Å². The van der Waals surface area contributed by atoms with Crippen LogP contribution < -0.4 is 4.72 Å². The van der Waals surface area contributed by atoms with E-state index in [1.165, 1.54) is 12.1 Å². The van der Waals surface area contributed by atoms with E-state index in [2.05, 4.69) is 4.72 Å². The van der Waals surface area contributed by atoms with Crippen molar-refractivity contribution in [2.75, 3.05) is 6.54 Å². The van der Waals surface area contributed by atoms with Crippen molar-refractivity contribution in [3.05, 3.63) is 29.8 Å². The summed E-state index contributed by atoms with van der Waals surface area (Å²) < 4.78 is 25.6. The van der Waals surface area contributed by atoms with Crippen molar-refractivity contribution in [2.24, 2.45) is 0 Å². The quantitative estimate of drug-likeness (QED) is 0.830. The summed E-state index contributed by atoms with van der Waals surface area (Å²) >= 11 is 5.50. The first-order chi connectivity index (χ1) is 7.45. The lowest BCUT2D eigenvalue weighted by molar-refractivity contribution is 0.582. The van der Waals surface area contributed by atoms with Gasteiger partial charge in [0.25, 0.3) is 0 Å². The van der Waals surface area contributed by atoms with Gasteiger partial charge in [0.2, 0.25) is 10.0 Å². The van der Waals surface area contributed by atoms with Crippen LogP contribution in [0, 0.1) is 18.3 Å². The van der Waals surface area contributed by atoms with Crippen LogP contribution in [0.15, 0.2) is 29.2 Å². The zero-order valence-electron chi connectivity index (χ0n) is 8.64. The molecular weight excluding hydrogens is 248 g/mol. The van der Waals surface area contributed by atoms with Gasteiger partial charge < -0.3 is 0 Å². The minimum absolute atomic E-state index is 0.103. The molecule has 0 aliphatic rings. The van der Waals surface area contributed by atoms with E-state index >= 15 is 0 Å². The predicted molar refractivity (Wildman–Crippen MR) is 61.6 cm³/mol. The Kier molecular flexibility index (Phi) is 4.30. The molecule has 1 N–H and O–H groups in total. The molecule has 0 aromatic heterocycles. The van der Waals surface area contributed by atoms with E-state index in [1.807, 2.05) is 6.92 Å². The summed E-state index contributed by atoms with van der Waals surface area (Å²) in [6.45, 7) is 1.77. The number of rotatable bonds is 4. The number of benzene rings is 1. The molecule has 86 valence electrons. The second-order valence-corrected chi connectivity index (χ2v) is 5.56. The van der Waals surface area contributed by atoms with Gasteiger partial charge in [-0.25, -0.2) is 13.1 Å². The first-order valence-electron chi connectivity index (χ1n) is 4.56. The molecule has 0 heterocycles. The van der Waals surface area contributed by atoms with Crippen LogP contribution in [0.3, 0.4) is 0 Å². The Morgan fingerprint density at radius 2 is 2.00 bits per heavy atom. The van der Waals surface area contributed by atoms with Gasteiger partial charge in [-0.1, -0.05) is 17.7 Å². The topological polar surface area (TPSA) is 70.0 Å². The fourth-order valence-electron chi connectivity index (χ4n) is 1.03. The van der Waals surface area contributed by atoms with Crippen LogP contribution in [0.2, 0.25) is 0 Å². The number of hydrogen-bond donors (Lipinski definition) is 1. The highest BCUT2D eigenvalue weighted by Gasteiger charge is 2.14. The molecule has 1 atom stereocenters. The summed E-state index contributed by atoms with van der Waals surface area (Å²) in [7, 11) is -3.57. The monoisotopic (exact) mass is 258 g/mol. The molecule has 0 fully saturated rings. The van der Waals surface area contributed by atoms with Crippen LogP contribution in [0.1, 0.15) is 5.56 Å². The van der Waals surface area contributed by atoms with Crippen LogP contribution in [0.25, 0.3) is 0 Å². The first-order valence-corrected chi connectivity index (χ1v) is 6.47. The molecule has 0 aliphatic heterocycles. The Morgan fingerprint density at radius 3 is 2.50 bits per heavy atom. The number of nitriles is 1. The van der Waals surface area contributed by atoms with E-state index < -0.39 is 15.4 Å². The lowest BCUT2D eigenvalue weighted by Gasteiger charge is -2.06. The van der Waals surface area contributed by atoms with Gasteiger partial charge >= 0.3 is 0 Å². The summed E-state index contributed by atoms with van der Waals surface area (Å²) in [5, 5.41) is 7.56. The average molecular weight is 259 g/mol. The van der Waals surface area contributed by atoms with E-state index in [0.29, 0.717) is 0 Å². The third kappa shape index (κ3) is 3.49. The van der Waals surface area contributed by atoms with Crippen LogP contribution >= 0.6 is 11.6 Å². The number of sulfonamides is 1. The maximum Gasteiger partial charge on any atom is 0.240 e. The third-order valence-corrected chi connectivity index (χ3v) is 3.62. The molecule has 0 radical (unpaired) electrons. The molecule has 1 rings (SSSR count).